The molecule has 0 bridgehead atoms. The van der Waals surface area contributed by atoms with E-state index in [0.717, 1.165) is 10.7 Å². The van der Waals surface area contributed by atoms with Crippen molar-refractivity contribution in [1.29, 1.82) is 0 Å². The average molecular weight is 285 g/mol. The van der Waals surface area contributed by atoms with E-state index in [1.807, 2.05) is 0 Å². The number of hydrogen-bond acceptors (Lipinski definition) is 7. The molecule has 9 nitrogen and oxygen atoms in total. The lowest BCUT2D eigenvalue weighted by atomic mass is 9.95. The van der Waals surface area contributed by atoms with Crippen molar-refractivity contribution in [1.82, 2.24) is 19.6 Å². The van der Waals surface area contributed by atoms with Crippen LogP contribution in [-0.2, 0) is 10.4 Å². The van der Waals surface area contributed by atoms with Crippen LogP contribution in [0, 0.1) is 0 Å². The third kappa shape index (κ3) is 1.62. The zero-order valence-corrected chi connectivity index (χ0v) is 10.2. The van der Waals surface area contributed by atoms with Gasteiger partial charge in [-0.05, 0) is 0 Å². The van der Waals surface area contributed by atoms with Crippen molar-refractivity contribution in [3.63, 3.8) is 0 Å². The van der Waals surface area contributed by atoms with E-state index in [0.29, 0.717) is 0 Å². The van der Waals surface area contributed by atoms with Gasteiger partial charge in [-0.15, -0.1) is 5.10 Å². The standard InChI is InChI=1S/C10H12FN5O4/c11-10(3-20-4(2-17)6(10)18)5-1-13-7-8(19)14-9(12)15-16(5)7/h1,4,6,17-18H,2-3H2,(H3,12,14,15,19)/t4-,6-,10?/m1/s1. The van der Waals surface area contributed by atoms with Crippen molar-refractivity contribution in [3.8, 4) is 0 Å². The topological polar surface area (TPSA) is 139 Å². The van der Waals surface area contributed by atoms with Gasteiger partial charge in [0.25, 0.3) is 5.56 Å². The summed E-state index contributed by atoms with van der Waals surface area (Å²) in [7, 11) is 0. The number of imidazole rings is 1. The predicted molar refractivity (Wildman–Crippen MR) is 63.6 cm³/mol. The van der Waals surface area contributed by atoms with Gasteiger partial charge in [0.15, 0.2) is 0 Å². The van der Waals surface area contributed by atoms with Crippen molar-refractivity contribution >= 4 is 11.6 Å². The number of rotatable bonds is 2. The van der Waals surface area contributed by atoms with Crippen molar-refractivity contribution in [2.24, 2.45) is 0 Å². The molecule has 108 valence electrons. The molecule has 5 N–H and O–H groups in total. The summed E-state index contributed by atoms with van der Waals surface area (Å²) in [6.45, 7) is -1.01. The normalized spacial score (nSPS) is 30.1. The minimum absolute atomic E-state index is 0.147. The monoisotopic (exact) mass is 285 g/mol. The Hall–Kier alpha value is -2.04. The molecule has 0 aromatic carbocycles. The summed E-state index contributed by atoms with van der Waals surface area (Å²) in [5.41, 5.74) is 2.15. The molecule has 0 amide bonds. The highest BCUT2D eigenvalue weighted by atomic mass is 19.1. The van der Waals surface area contributed by atoms with Crippen LogP contribution in [0.2, 0.25) is 0 Å². The van der Waals surface area contributed by atoms with Crippen molar-refractivity contribution < 1.29 is 19.3 Å². The number of nitrogens with one attached hydrogen (secondary N) is 1. The number of fused-ring (bicyclic) bond motifs is 1. The van der Waals surface area contributed by atoms with Gasteiger partial charge in [0.05, 0.1) is 19.4 Å². The lowest BCUT2D eigenvalue weighted by Gasteiger charge is -2.22. The van der Waals surface area contributed by atoms with Crippen LogP contribution in [0.15, 0.2) is 11.0 Å². The highest BCUT2D eigenvalue weighted by Gasteiger charge is 2.53. The Morgan fingerprint density at radius 1 is 1.70 bits per heavy atom. The van der Waals surface area contributed by atoms with E-state index in [-0.39, 0.29) is 17.3 Å². The SMILES string of the molecule is Nc1nn2c(C3(F)CO[C@H](CO)[C@H]3O)cnc2c(=O)[nH]1. The van der Waals surface area contributed by atoms with Crippen LogP contribution < -0.4 is 11.3 Å². The number of nitrogens with two attached hydrogens (primary N) is 1. The zero-order chi connectivity index (χ0) is 14.5. The average Bonchev–Trinajstić information content (AvgIpc) is 2.94. The van der Waals surface area contributed by atoms with Crippen LogP contribution in [0.4, 0.5) is 10.3 Å². The predicted octanol–water partition coefficient (Wildman–Crippen LogP) is -2.08. The molecule has 2 aromatic rings. The maximum absolute atomic E-state index is 15.0. The van der Waals surface area contributed by atoms with Crippen LogP contribution in [0.5, 0.6) is 0 Å². The number of aromatic amines is 1. The van der Waals surface area contributed by atoms with Crippen molar-refractivity contribution in [3.05, 3.63) is 22.2 Å². The fourth-order valence-corrected chi connectivity index (χ4v) is 2.27. The van der Waals surface area contributed by atoms with Gasteiger partial charge in [0.1, 0.15) is 17.9 Å². The number of nitrogens with zero attached hydrogens (tertiary/aromatic N) is 3. The molecule has 20 heavy (non-hydrogen) atoms. The number of aromatic nitrogens is 4. The fraction of sp³-hybridized carbons (Fsp3) is 0.500. The quantitative estimate of drug-likeness (QED) is 0.496. The lowest BCUT2D eigenvalue weighted by molar-refractivity contribution is -0.0168. The molecule has 1 unspecified atom stereocenters. The summed E-state index contributed by atoms with van der Waals surface area (Å²) in [6, 6.07) is 0. The Bertz CT molecular complexity index is 715. The molecular weight excluding hydrogens is 273 g/mol. The molecule has 0 saturated carbocycles. The van der Waals surface area contributed by atoms with E-state index in [2.05, 4.69) is 15.1 Å². The largest absolute Gasteiger partial charge is 0.394 e. The summed E-state index contributed by atoms with van der Waals surface area (Å²) in [5, 5.41) is 22.7. The second kappa shape index (κ2) is 4.23. The van der Waals surface area contributed by atoms with E-state index < -0.39 is 36.6 Å². The molecule has 0 spiro atoms. The smallest absolute Gasteiger partial charge is 0.295 e. The molecule has 3 rings (SSSR count). The number of aliphatic hydroxyl groups is 2. The molecule has 1 aliphatic rings. The molecule has 3 atom stereocenters. The number of aliphatic hydroxyl groups excluding tert-OH is 2. The van der Waals surface area contributed by atoms with Gasteiger partial charge in [0.2, 0.25) is 17.3 Å². The molecule has 1 aliphatic heterocycles. The minimum atomic E-state index is -2.33. The maximum Gasteiger partial charge on any atom is 0.295 e. The molecule has 0 aliphatic carbocycles. The number of nitrogen functional groups attached to an aromatic ring is 1. The fourth-order valence-electron chi connectivity index (χ4n) is 2.27. The number of H-pyrrole nitrogens is 1. The highest BCUT2D eigenvalue weighted by Crippen LogP contribution is 2.37. The van der Waals surface area contributed by atoms with E-state index in [1.165, 1.54) is 0 Å². The molecule has 0 radical (unpaired) electrons. The third-order valence-electron chi connectivity index (χ3n) is 3.32. The zero-order valence-electron chi connectivity index (χ0n) is 10.2. The van der Waals surface area contributed by atoms with Crippen molar-refractivity contribution in [2.45, 2.75) is 17.9 Å². The number of halogens is 1. The molecule has 3 heterocycles. The Labute approximate surface area is 110 Å². The van der Waals surface area contributed by atoms with Crippen LogP contribution in [-0.4, -0.2) is 55.2 Å². The lowest BCUT2D eigenvalue weighted by Crippen LogP contribution is -2.40. The highest BCUT2D eigenvalue weighted by molar-refractivity contribution is 5.40. The van der Waals surface area contributed by atoms with Crippen LogP contribution in [0.1, 0.15) is 5.69 Å². The summed E-state index contributed by atoms with van der Waals surface area (Å²) in [5.74, 6) is -0.211. The summed E-state index contributed by atoms with van der Waals surface area (Å²) < 4.78 is 20.9. The van der Waals surface area contributed by atoms with Crippen LogP contribution in [0.25, 0.3) is 5.65 Å². The maximum atomic E-state index is 15.0. The molecule has 10 heteroatoms. The van der Waals surface area contributed by atoms with E-state index in [4.69, 9.17) is 15.6 Å². The van der Waals surface area contributed by atoms with Gasteiger partial charge in [-0.1, -0.05) is 0 Å². The Morgan fingerprint density at radius 2 is 2.45 bits per heavy atom. The molecular formula is C10H12FN5O4. The minimum Gasteiger partial charge on any atom is -0.394 e. The first-order valence-electron chi connectivity index (χ1n) is 5.81. The number of hydrogen-bond donors (Lipinski definition) is 4. The second-order valence-corrected chi connectivity index (χ2v) is 4.56. The third-order valence-corrected chi connectivity index (χ3v) is 3.32. The van der Waals surface area contributed by atoms with Gasteiger partial charge in [-0.3, -0.25) is 9.78 Å². The number of ether oxygens (including phenoxy) is 1. The summed E-state index contributed by atoms with van der Waals surface area (Å²) in [4.78, 5) is 17.6. The molecule has 1 saturated heterocycles. The summed E-state index contributed by atoms with van der Waals surface area (Å²) in [6.07, 6.45) is -1.57. The number of anilines is 1. The van der Waals surface area contributed by atoms with Crippen molar-refractivity contribution in [2.75, 3.05) is 18.9 Å². The summed E-state index contributed by atoms with van der Waals surface area (Å²) >= 11 is 0. The Morgan fingerprint density at radius 3 is 3.10 bits per heavy atom. The van der Waals surface area contributed by atoms with Crippen LogP contribution in [0.3, 0.4) is 0 Å². The van der Waals surface area contributed by atoms with Gasteiger partial charge < -0.3 is 20.7 Å². The Balaban J connectivity index is 2.18. The Kier molecular flexibility index (Phi) is 2.74. The van der Waals surface area contributed by atoms with E-state index >= 15 is 0 Å². The van der Waals surface area contributed by atoms with Crippen LogP contribution >= 0.6 is 0 Å². The van der Waals surface area contributed by atoms with Gasteiger partial charge in [-0.2, -0.15) is 0 Å². The van der Waals surface area contributed by atoms with Gasteiger partial charge >= 0.3 is 0 Å². The van der Waals surface area contributed by atoms with E-state index in [1.54, 1.807) is 0 Å². The first kappa shape index (κ1) is 13.0. The first-order chi connectivity index (χ1) is 9.47. The molecule has 2 aromatic heterocycles. The van der Waals surface area contributed by atoms with E-state index in [9.17, 15) is 14.3 Å². The molecule has 1 fully saturated rings. The van der Waals surface area contributed by atoms with Gasteiger partial charge in [0, 0.05) is 0 Å². The first-order valence-corrected chi connectivity index (χ1v) is 5.81. The number of alkyl halides is 1. The van der Waals surface area contributed by atoms with Gasteiger partial charge in [-0.25, -0.2) is 13.9 Å². The second-order valence-electron chi connectivity index (χ2n) is 4.56.